The summed E-state index contributed by atoms with van der Waals surface area (Å²) in [5, 5.41) is 25.7. The highest BCUT2D eigenvalue weighted by molar-refractivity contribution is 4.82. The quantitative estimate of drug-likeness (QED) is 0.0341. The molecular formula is C98H228N18. The van der Waals surface area contributed by atoms with Gasteiger partial charge in [0.2, 0.25) is 0 Å². The molecule has 18 heteroatoms. The first-order chi connectivity index (χ1) is 55.6. The third-order valence-corrected chi connectivity index (χ3v) is 25.1. The van der Waals surface area contributed by atoms with Crippen molar-refractivity contribution in [3.05, 3.63) is 0 Å². The zero-order chi connectivity index (χ0) is 89.4. The monoisotopic (exact) mass is 1660 g/mol. The maximum absolute atomic E-state index is 5.78. The summed E-state index contributed by atoms with van der Waals surface area (Å²) < 4.78 is 0. The van der Waals surface area contributed by atoms with Gasteiger partial charge in [0.25, 0.3) is 0 Å². The molecule has 710 valence electrons. The van der Waals surface area contributed by atoms with Gasteiger partial charge in [-0.15, -0.1) is 0 Å². The highest BCUT2D eigenvalue weighted by Crippen LogP contribution is 2.30. The molecule has 16 atom stereocenters. The lowest BCUT2D eigenvalue weighted by atomic mass is 9.83. The first-order valence-electron chi connectivity index (χ1n) is 49.9. The van der Waals surface area contributed by atoms with Gasteiger partial charge in [-0.25, -0.2) is 0 Å². The highest BCUT2D eigenvalue weighted by Gasteiger charge is 2.25. The van der Waals surface area contributed by atoms with Gasteiger partial charge < -0.3 is 96.5 Å². The molecule has 8 rings (SSSR count). The third-order valence-electron chi connectivity index (χ3n) is 25.1. The van der Waals surface area contributed by atoms with Gasteiger partial charge in [0, 0.05) is 87.6 Å². The second kappa shape index (κ2) is 99.7. The number of rotatable bonds is 27. The minimum atomic E-state index is 0.503. The van der Waals surface area contributed by atoms with Crippen LogP contribution in [-0.2, 0) is 0 Å². The average molecular weight is 1660 g/mol. The average Bonchev–Trinajstić information content (AvgIpc) is 0.841. The normalized spacial score (nSPS) is 26.4. The summed E-state index contributed by atoms with van der Waals surface area (Å²) in [6.45, 7) is 37.5. The Balaban J connectivity index is -0.000000221. The molecule has 0 radical (unpaired) electrons. The fourth-order valence-electron chi connectivity index (χ4n) is 16.1. The summed E-state index contributed by atoms with van der Waals surface area (Å²) in [4.78, 5) is 8.69. The van der Waals surface area contributed by atoms with E-state index in [-0.39, 0.29) is 0 Å². The maximum Gasteiger partial charge on any atom is 0.0103 e. The van der Waals surface area contributed by atoms with E-state index in [0.29, 0.717) is 24.2 Å². The van der Waals surface area contributed by atoms with Gasteiger partial charge in [-0.2, -0.15) is 0 Å². The van der Waals surface area contributed by atoms with Crippen LogP contribution < -0.4 is 76.9 Å². The van der Waals surface area contributed by atoms with E-state index < -0.39 is 0 Å². The summed E-state index contributed by atoms with van der Waals surface area (Å²) in [5.74, 6) is 6.95. The van der Waals surface area contributed by atoms with Crippen LogP contribution in [0, 0.1) is 47.3 Å². The largest absolute Gasteiger partial charge is 0.330 e. The number of nitrogens with zero attached hydrogens (tertiary/aromatic N) is 4. The van der Waals surface area contributed by atoms with Crippen molar-refractivity contribution in [2.75, 3.05) is 178 Å². The Morgan fingerprint density at radius 3 is 0.603 bits per heavy atom. The Kier molecular flexibility index (Phi) is 110. The first-order valence-corrected chi connectivity index (χ1v) is 49.9. The van der Waals surface area contributed by atoms with Crippen LogP contribution in [0.1, 0.15) is 366 Å². The minimum Gasteiger partial charge on any atom is -0.330 e. The van der Waals surface area contributed by atoms with Crippen molar-refractivity contribution in [3.8, 4) is 0 Å². The molecule has 0 aromatic carbocycles. The Hall–Kier alpha value is -0.720. The van der Waals surface area contributed by atoms with Crippen LogP contribution in [0.4, 0.5) is 0 Å². The summed E-state index contributed by atoms with van der Waals surface area (Å²) in [5.41, 5.74) is 33.5. The van der Waals surface area contributed by atoms with Crippen LogP contribution in [0.5, 0.6) is 0 Å². The molecule has 18 nitrogen and oxygen atoms in total. The van der Waals surface area contributed by atoms with Crippen molar-refractivity contribution in [3.63, 3.8) is 0 Å². The van der Waals surface area contributed by atoms with Gasteiger partial charge in [0.15, 0.2) is 0 Å². The number of hydrogen-bond acceptors (Lipinski definition) is 18. The van der Waals surface area contributed by atoms with Crippen molar-refractivity contribution in [2.45, 2.75) is 414 Å². The Bertz CT molecular complexity index is 1470. The molecule has 0 aliphatic heterocycles. The third kappa shape index (κ3) is 89.6. The zero-order valence-electron chi connectivity index (χ0n) is 84.7. The van der Waals surface area contributed by atoms with E-state index in [9.17, 15) is 0 Å². The lowest BCUT2D eigenvalue weighted by Crippen LogP contribution is -2.35. The Morgan fingerprint density at radius 2 is 0.474 bits per heavy atom. The fraction of sp³-hybridized carbons (Fsp3) is 1.00. The Morgan fingerprint density at radius 1 is 0.241 bits per heavy atom. The molecule has 0 aromatic rings. The maximum atomic E-state index is 5.78. The number of unbranched alkanes of at least 4 members (excludes halogenated alkanes) is 4. The van der Waals surface area contributed by atoms with Crippen LogP contribution in [0.3, 0.4) is 0 Å². The molecular weight excluding hydrogens is 1430 g/mol. The first kappa shape index (κ1) is 128. The standard InChI is InChI=1S/4C9H19N.4C7H15N.C7H17N.C6H16N2.C5H14N2.C5H13N.C4H12N2.C4H11N.C3H9N/c4*1-3-8-6-4-5-7-9(8)10-2;4*1-6-4-2-3-5-7(6)8;1-2-3-4-5-6-7-8;1-7(2)5-6-8(3)4;1-6-4-5-7(2)3;1-4-5-6(2)3;1-5-3-4-6-2;1-3-4-5-2;1-2-3-4/h4*8-10H,3-7H2,1-2H3;4*6-7H,2-5,8H2,1H3;2-8H2,1H3;5-6H2,1-4H3;6H,4-5H2,1-3H3;4-5H2,1-3H3;5-6H,3-4H2,1-2H3;5H,3-4H2,1-2H3;2-4H2,1H3/t2*8-,9+;2*8-,9-;2*6-,7+;2*6-,7-;;;;;;;/m10101010......./s1. The summed E-state index contributed by atoms with van der Waals surface area (Å²) >= 11 is 0. The molecule has 8 aliphatic rings. The molecule has 0 saturated heterocycles. The van der Waals surface area contributed by atoms with E-state index >= 15 is 0 Å². The van der Waals surface area contributed by atoms with E-state index in [1.807, 2.05) is 28.2 Å². The van der Waals surface area contributed by atoms with Gasteiger partial charge in [-0.05, 0) is 315 Å². The molecule has 0 heterocycles. The topological polar surface area (TPSA) is 265 Å². The smallest absolute Gasteiger partial charge is 0.0103 e. The SMILES string of the molecule is CCCCCCCN.CCCN.CCCN(C)C.CCCNC.CC[C@@H]1CCCC[C@@H]1NC.CC[C@@H]1CCCC[C@H]1NC.CC[C@H]1CCCC[C@@H]1NC.CC[C@H]1CCCC[C@H]1NC.CN(C)CCN(C)C.CNCCN(C)C.CNCCNC.C[C@@H]1CCCC[C@@H]1N.C[C@@H]1CCCC[C@H]1N.C[C@H]1CCCC[C@@H]1N.C[C@H]1CCCC[C@H]1N. The molecule has 0 bridgehead atoms. The minimum absolute atomic E-state index is 0.503. The summed E-state index contributed by atoms with van der Waals surface area (Å²) in [6, 6.07) is 5.29. The lowest BCUT2D eigenvalue weighted by Gasteiger charge is -2.30. The van der Waals surface area contributed by atoms with Gasteiger partial charge in [0.05, 0.1) is 0 Å². The second-order valence-electron chi connectivity index (χ2n) is 36.7. The molecule has 0 unspecified atom stereocenters. The number of hydrogen-bond donors (Lipinski definition) is 14. The van der Waals surface area contributed by atoms with Crippen LogP contribution in [0.15, 0.2) is 0 Å². The number of likely N-dealkylation sites (N-methyl/N-ethyl adjacent to an activating group) is 6. The molecule has 116 heavy (non-hydrogen) atoms. The molecule has 0 amide bonds. The summed E-state index contributed by atoms with van der Waals surface area (Å²) in [6.07, 6.45) is 59.9. The van der Waals surface area contributed by atoms with Crippen molar-refractivity contribution >= 4 is 0 Å². The number of nitrogens with two attached hydrogens (primary N) is 6. The van der Waals surface area contributed by atoms with Crippen LogP contribution in [-0.4, -0.2) is 246 Å². The zero-order valence-corrected chi connectivity index (χ0v) is 84.7. The van der Waals surface area contributed by atoms with Crippen molar-refractivity contribution in [1.29, 1.82) is 0 Å². The lowest BCUT2D eigenvalue weighted by molar-refractivity contribution is 0.267. The van der Waals surface area contributed by atoms with E-state index in [4.69, 9.17) is 34.4 Å². The summed E-state index contributed by atoms with van der Waals surface area (Å²) in [7, 11) is 32.8. The van der Waals surface area contributed by atoms with Crippen molar-refractivity contribution in [2.24, 2.45) is 81.7 Å². The van der Waals surface area contributed by atoms with Gasteiger partial charge in [-0.1, -0.05) is 237 Å². The predicted octanol–water partition coefficient (Wildman–Crippen LogP) is 17.9. The molecule has 8 fully saturated rings. The molecule has 0 aromatic heterocycles. The van der Waals surface area contributed by atoms with Crippen LogP contribution in [0.2, 0.25) is 0 Å². The van der Waals surface area contributed by atoms with Gasteiger partial charge in [-0.3, -0.25) is 0 Å². The van der Waals surface area contributed by atoms with E-state index in [1.54, 1.807) is 0 Å². The van der Waals surface area contributed by atoms with Crippen LogP contribution in [0.25, 0.3) is 0 Å². The van der Waals surface area contributed by atoms with Gasteiger partial charge in [0.1, 0.15) is 0 Å². The predicted molar refractivity (Wildman–Crippen MR) is 530 cm³/mol. The van der Waals surface area contributed by atoms with E-state index in [1.165, 1.54) is 283 Å². The molecule has 8 saturated carbocycles. The van der Waals surface area contributed by atoms with Crippen molar-refractivity contribution < 1.29 is 0 Å². The second-order valence-corrected chi connectivity index (χ2v) is 36.7. The number of nitrogens with one attached hydrogen (secondary N) is 8. The molecule has 8 aliphatic carbocycles. The van der Waals surface area contributed by atoms with Crippen molar-refractivity contribution in [1.82, 2.24) is 62.1 Å². The van der Waals surface area contributed by atoms with Crippen LogP contribution >= 0.6 is 0 Å². The highest BCUT2D eigenvalue weighted by atomic mass is 15.1. The molecule has 0 spiro atoms. The van der Waals surface area contributed by atoms with E-state index in [2.05, 4.69) is 230 Å². The fourth-order valence-corrected chi connectivity index (χ4v) is 16.1. The molecule has 20 N–H and O–H groups in total. The Labute approximate surface area is 732 Å². The van der Waals surface area contributed by atoms with Gasteiger partial charge >= 0.3 is 0 Å². The van der Waals surface area contributed by atoms with E-state index in [0.717, 1.165) is 137 Å².